The Morgan fingerprint density at radius 3 is 2.23 bits per heavy atom. The Labute approximate surface area is 134 Å². The number of imidazole rings is 1. The number of nitrogens with two attached hydrogens (primary N) is 1. The van der Waals surface area contributed by atoms with Gasteiger partial charge in [0.15, 0.2) is 0 Å². The fourth-order valence-electron chi connectivity index (χ4n) is 2.87. The van der Waals surface area contributed by atoms with Gasteiger partial charge < -0.3 is 10.3 Å². The Morgan fingerprint density at radius 1 is 0.909 bits per heavy atom. The van der Waals surface area contributed by atoms with E-state index in [9.17, 15) is 0 Å². The van der Waals surface area contributed by atoms with Crippen molar-refractivity contribution in [2.75, 3.05) is 5.73 Å². The standard InChI is InChI=1S/C19H29N3/c1-2-3-4-5-6-7-8-12-15-22-18(16-21-19(22)20)17-13-10-9-11-14-17/h9-11,13-14,16H,2-8,12,15H2,1H3,(H2,20,21). The van der Waals surface area contributed by atoms with Crippen LogP contribution >= 0.6 is 0 Å². The Balaban J connectivity index is 1.78. The summed E-state index contributed by atoms with van der Waals surface area (Å²) in [5.41, 5.74) is 8.34. The number of unbranched alkanes of at least 4 members (excludes halogenated alkanes) is 7. The van der Waals surface area contributed by atoms with Crippen LogP contribution in [0.1, 0.15) is 58.3 Å². The molecule has 0 aliphatic rings. The predicted octanol–water partition coefficient (Wildman–Crippen LogP) is 5.27. The van der Waals surface area contributed by atoms with Crippen molar-refractivity contribution in [1.82, 2.24) is 9.55 Å². The Hall–Kier alpha value is -1.77. The van der Waals surface area contributed by atoms with E-state index in [2.05, 4.69) is 40.7 Å². The van der Waals surface area contributed by atoms with Crippen molar-refractivity contribution in [3.8, 4) is 11.3 Å². The molecule has 0 aliphatic carbocycles. The van der Waals surface area contributed by atoms with Crippen LogP contribution in [0.4, 0.5) is 5.95 Å². The monoisotopic (exact) mass is 299 g/mol. The summed E-state index contributed by atoms with van der Waals surface area (Å²) in [5, 5.41) is 0. The number of benzene rings is 1. The summed E-state index contributed by atoms with van der Waals surface area (Å²) in [5.74, 6) is 0.627. The zero-order chi connectivity index (χ0) is 15.6. The van der Waals surface area contributed by atoms with E-state index in [-0.39, 0.29) is 0 Å². The molecule has 0 radical (unpaired) electrons. The molecule has 2 rings (SSSR count). The molecule has 3 heteroatoms. The topological polar surface area (TPSA) is 43.8 Å². The lowest BCUT2D eigenvalue weighted by Gasteiger charge is -2.10. The van der Waals surface area contributed by atoms with Gasteiger partial charge in [-0.25, -0.2) is 4.98 Å². The van der Waals surface area contributed by atoms with Crippen LogP contribution < -0.4 is 5.73 Å². The van der Waals surface area contributed by atoms with E-state index in [4.69, 9.17) is 5.73 Å². The van der Waals surface area contributed by atoms with Gasteiger partial charge in [0.2, 0.25) is 5.95 Å². The number of nitrogen functional groups attached to an aromatic ring is 1. The van der Waals surface area contributed by atoms with Gasteiger partial charge >= 0.3 is 0 Å². The molecule has 0 fully saturated rings. The molecule has 0 saturated carbocycles. The lowest BCUT2D eigenvalue weighted by Crippen LogP contribution is -2.05. The van der Waals surface area contributed by atoms with Crippen LogP contribution in [0.5, 0.6) is 0 Å². The molecule has 3 nitrogen and oxygen atoms in total. The number of hydrogen-bond acceptors (Lipinski definition) is 2. The normalized spacial score (nSPS) is 11.0. The van der Waals surface area contributed by atoms with Crippen molar-refractivity contribution in [3.63, 3.8) is 0 Å². The van der Waals surface area contributed by atoms with Crippen molar-refractivity contribution >= 4 is 5.95 Å². The third-order valence-electron chi connectivity index (χ3n) is 4.19. The van der Waals surface area contributed by atoms with Gasteiger partial charge in [-0.15, -0.1) is 0 Å². The lowest BCUT2D eigenvalue weighted by molar-refractivity contribution is 0.547. The minimum Gasteiger partial charge on any atom is -0.369 e. The summed E-state index contributed by atoms with van der Waals surface area (Å²) >= 11 is 0. The molecular formula is C19H29N3. The maximum atomic E-state index is 6.03. The molecule has 0 atom stereocenters. The van der Waals surface area contributed by atoms with E-state index in [1.165, 1.54) is 56.9 Å². The van der Waals surface area contributed by atoms with E-state index in [1.807, 2.05) is 12.3 Å². The SMILES string of the molecule is CCCCCCCCCCn1c(-c2ccccc2)cnc1N. The van der Waals surface area contributed by atoms with Gasteiger partial charge in [0.25, 0.3) is 0 Å². The van der Waals surface area contributed by atoms with Crippen LogP contribution in [-0.4, -0.2) is 9.55 Å². The summed E-state index contributed by atoms with van der Waals surface area (Å²) in [6.07, 6.45) is 12.5. The molecule has 0 saturated heterocycles. The largest absolute Gasteiger partial charge is 0.369 e. The molecule has 2 N–H and O–H groups in total. The van der Waals surface area contributed by atoms with Crippen LogP contribution in [0, 0.1) is 0 Å². The quantitative estimate of drug-likeness (QED) is 0.607. The van der Waals surface area contributed by atoms with Crippen LogP contribution in [-0.2, 0) is 6.54 Å². The zero-order valence-electron chi connectivity index (χ0n) is 13.8. The smallest absolute Gasteiger partial charge is 0.200 e. The van der Waals surface area contributed by atoms with Crippen molar-refractivity contribution in [3.05, 3.63) is 36.5 Å². The number of anilines is 1. The average molecular weight is 299 g/mol. The Morgan fingerprint density at radius 2 is 1.55 bits per heavy atom. The highest BCUT2D eigenvalue weighted by atomic mass is 15.1. The first-order valence-electron chi connectivity index (χ1n) is 8.69. The number of aromatic nitrogens is 2. The minimum atomic E-state index is 0.627. The number of nitrogens with zero attached hydrogens (tertiary/aromatic N) is 2. The van der Waals surface area contributed by atoms with E-state index < -0.39 is 0 Å². The van der Waals surface area contributed by atoms with Crippen molar-refractivity contribution in [2.45, 2.75) is 64.8 Å². The van der Waals surface area contributed by atoms with Gasteiger partial charge in [0.1, 0.15) is 0 Å². The van der Waals surface area contributed by atoms with Gasteiger partial charge in [-0.1, -0.05) is 82.2 Å². The van der Waals surface area contributed by atoms with Gasteiger partial charge in [-0.2, -0.15) is 0 Å². The molecule has 1 aromatic heterocycles. The minimum absolute atomic E-state index is 0.627. The van der Waals surface area contributed by atoms with Crippen molar-refractivity contribution < 1.29 is 0 Å². The van der Waals surface area contributed by atoms with Crippen molar-refractivity contribution in [2.24, 2.45) is 0 Å². The molecule has 0 aliphatic heterocycles. The number of hydrogen-bond donors (Lipinski definition) is 1. The molecule has 0 amide bonds. The van der Waals surface area contributed by atoms with Gasteiger partial charge in [0, 0.05) is 6.54 Å². The van der Waals surface area contributed by atoms with Gasteiger partial charge in [0.05, 0.1) is 11.9 Å². The summed E-state index contributed by atoms with van der Waals surface area (Å²) < 4.78 is 2.15. The summed E-state index contributed by atoms with van der Waals surface area (Å²) in [7, 11) is 0. The van der Waals surface area contributed by atoms with E-state index in [0.717, 1.165) is 12.2 Å². The fourth-order valence-corrected chi connectivity index (χ4v) is 2.87. The first-order chi connectivity index (χ1) is 10.8. The van der Waals surface area contributed by atoms with E-state index in [0.29, 0.717) is 5.95 Å². The highest BCUT2D eigenvalue weighted by Gasteiger charge is 2.08. The molecule has 1 heterocycles. The summed E-state index contributed by atoms with van der Waals surface area (Å²) in [6.45, 7) is 3.23. The third-order valence-corrected chi connectivity index (χ3v) is 4.19. The van der Waals surface area contributed by atoms with E-state index >= 15 is 0 Å². The predicted molar refractivity (Wildman–Crippen MR) is 94.7 cm³/mol. The molecule has 120 valence electrons. The molecule has 0 spiro atoms. The van der Waals surface area contributed by atoms with Crippen molar-refractivity contribution in [1.29, 1.82) is 0 Å². The van der Waals surface area contributed by atoms with Crippen LogP contribution in [0.25, 0.3) is 11.3 Å². The Bertz CT molecular complexity index is 531. The van der Waals surface area contributed by atoms with E-state index in [1.54, 1.807) is 0 Å². The van der Waals surface area contributed by atoms with Crippen LogP contribution in [0.3, 0.4) is 0 Å². The molecule has 22 heavy (non-hydrogen) atoms. The third kappa shape index (κ3) is 4.90. The number of rotatable bonds is 10. The highest BCUT2D eigenvalue weighted by molar-refractivity contribution is 5.60. The van der Waals surface area contributed by atoms with Gasteiger partial charge in [-0.3, -0.25) is 0 Å². The van der Waals surface area contributed by atoms with Gasteiger partial charge in [-0.05, 0) is 12.0 Å². The average Bonchev–Trinajstić information content (AvgIpc) is 2.92. The zero-order valence-corrected chi connectivity index (χ0v) is 13.8. The van der Waals surface area contributed by atoms with Crippen LogP contribution in [0.2, 0.25) is 0 Å². The summed E-state index contributed by atoms with van der Waals surface area (Å²) in [4.78, 5) is 4.28. The maximum Gasteiger partial charge on any atom is 0.200 e. The summed E-state index contributed by atoms with van der Waals surface area (Å²) in [6, 6.07) is 10.4. The molecular weight excluding hydrogens is 270 g/mol. The highest BCUT2D eigenvalue weighted by Crippen LogP contribution is 2.22. The molecule has 0 unspecified atom stereocenters. The molecule has 1 aromatic carbocycles. The molecule has 2 aromatic rings. The lowest BCUT2D eigenvalue weighted by atomic mass is 10.1. The first kappa shape index (κ1) is 16.6. The second-order valence-corrected chi connectivity index (χ2v) is 5.99. The molecule has 0 bridgehead atoms. The first-order valence-corrected chi connectivity index (χ1v) is 8.69. The fraction of sp³-hybridized carbons (Fsp3) is 0.526. The second-order valence-electron chi connectivity index (χ2n) is 5.99. The van der Waals surface area contributed by atoms with Crippen LogP contribution in [0.15, 0.2) is 36.5 Å². The maximum absolute atomic E-state index is 6.03. The second kappa shape index (κ2) is 9.29. The Kier molecular flexibility index (Phi) is 7.01.